The molecule has 114 valence electrons. The highest BCUT2D eigenvalue weighted by atomic mass is 16.5. The summed E-state index contributed by atoms with van der Waals surface area (Å²) in [7, 11) is 0. The third kappa shape index (κ3) is 3.83. The highest BCUT2D eigenvalue weighted by molar-refractivity contribution is 5.75. The van der Waals surface area contributed by atoms with E-state index in [2.05, 4.69) is 34.9 Å². The molecule has 4 heteroatoms. The maximum Gasteiger partial charge on any atom is 0.220 e. The molecule has 4 nitrogen and oxygen atoms in total. The monoisotopic (exact) mass is 288 g/mol. The van der Waals surface area contributed by atoms with Gasteiger partial charge >= 0.3 is 0 Å². The van der Waals surface area contributed by atoms with Gasteiger partial charge in [0.25, 0.3) is 0 Å². The number of carbonyl (C=O) groups is 1. The summed E-state index contributed by atoms with van der Waals surface area (Å²) < 4.78 is 5.55. The zero-order valence-corrected chi connectivity index (χ0v) is 12.4. The van der Waals surface area contributed by atoms with Gasteiger partial charge in [-0.15, -0.1) is 0 Å². The van der Waals surface area contributed by atoms with Crippen LogP contribution in [0.2, 0.25) is 0 Å². The van der Waals surface area contributed by atoms with Gasteiger partial charge in [-0.2, -0.15) is 0 Å². The van der Waals surface area contributed by atoms with Crippen LogP contribution in [0.25, 0.3) is 0 Å². The van der Waals surface area contributed by atoms with Gasteiger partial charge in [-0.1, -0.05) is 24.3 Å². The fourth-order valence-electron chi connectivity index (χ4n) is 3.24. The van der Waals surface area contributed by atoms with E-state index in [4.69, 9.17) is 4.74 Å². The molecule has 0 saturated carbocycles. The molecule has 2 aliphatic rings. The van der Waals surface area contributed by atoms with E-state index >= 15 is 0 Å². The van der Waals surface area contributed by atoms with E-state index in [1.807, 2.05) is 0 Å². The van der Waals surface area contributed by atoms with Crippen molar-refractivity contribution in [2.24, 2.45) is 0 Å². The number of benzene rings is 1. The van der Waals surface area contributed by atoms with Gasteiger partial charge in [-0.05, 0) is 43.4 Å². The van der Waals surface area contributed by atoms with Crippen LogP contribution in [0.1, 0.15) is 42.9 Å². The molecule has 2 aliphatic heterocycles. The summed E-state index contributed by atoms with van der Waals surface area (Å²) in [6.45, 7) is 2.50. The number of amides is 1. The van der Waals surface area contributed by atoms with Crippen molar-refractivity contribution in [3.05, 3.63) is 35.4 Å². The van der Waals surface area contributed by atoms with Crippen LogP contribution in [0.5, 0.6) is 0 Å². The zero-order valence-electron chi connectivity index (χ0n) is 12.4. The van der Waals surface area contributed by atoms with Crippen LogP contribution in [-0.4, -0.2) is 31.7 Å². The molecule has 3 rings (SSSR count). The summed E-state index contributed by atoms with van der Waals surface area (Å²) in [6, 6.07) is 8.73. The molecule has 0 bridgehead atoms. The number of carbonyl (C=O) groups excluding carboxylic acids is 1. The first-order chi connectivity index (χ1) is 10.3. The highest BCUT2D eigenvalue weighted by Gasteiger charge is 2.20. The van der Waals surface area contributed by atoms with Gasteiger partial charge in [-0.25, -0.2) is 0 Å². The van der Waals surface area contributed by atoms with Crippen LogP contribution in [0.4, 0.5) is 0 Å². The molecule has 1 aromatic rings. The van der Waals surface area contributed by atoms with Gasteiger partial charge in [0.2, 0.25) is 5.91 Å². The molecule has 2 N–H and O–H groups in total. The number of rotatable bonds is 5. The van der Waals surface area contributed by atoms with E-state index in [1.165, 1.54) is 11.1 Å². The first kappa shape index (κ1) is 14.5. The molecule has 0 radical (unpaired) electrons. The SMILES string of the molecule is O=C(CCC1CCCO1)NCC1NCCc2ccccc21. The van der Waals surface area contributed by atoms with Crippen molar-refractivity contribution in [1.29, 1.82) is 0 Å². The van der Waals surface area contributed by atoms with Crippen LogP contribution < -0.4 is 10.6 Å². The number of fused-ring (bicyclic) bond motifs is 1. The molecule has 1 amide bonds. The Morgan fingerprint density at radius 3 is 3.14 bits per heavy atom. The van der Waals surface area contributed by atoms with Crippen molar-refractivity contribution in [1.82, 2.24) is 10.6 Å². The topological polar surface area (TPSA) is 50.4 Å². The third-order valence-electron chi connectivity index (χ3n) is 4.44. The minimum atomic E-state index is 0.135. The van der Waals surface area contributed by atoms with E-state index in [0.717, 1.165) is 38.8 Å². The molecule has 2 heterocycles. The Hall–Kier alpha value is -1.39. The summed E-state index contributed by atoms with van der Waals surface area (Å²) in [5.41, 5.74) is 2.72. The fraction of sp³-hybridized carbons (Fsp3) is 0.588. The van der Waals surface area contributed by atoms with Crippen LogP contribution in [0, 0.1) is 0 Å². The lowest BCUT2D eigenvalue weighted by atomic mass is 9.94. The molecule has 1 fully saturated rings. The predicted molar refractivity (Wildman–Crippen MR) is 82.1 cm³/mol. The Balaban J connectivity index is 1.45. The van der Waals surface area contributed by atoms with Crippen LogP contribution in [0.15, 0.2) is 24.3 Å². The molecule has 2 unspecified atom stereocenters. The molecule has 1 saturated heterocycles. The molecule has 0 aromatic heterocycles. The molecule has 0 aliphatic carbocycles. The van der Waals surface area contributed by atoms with Crippen molar-refractivity contribution in [2.45, 2.75) is 44.2 Å². The lowest BCUT2D eigenvalue weighted by Crippen LogP contribution is -2.38. The van der Waals surface area contributed by atoms with E-state index < -0.39 is 0 Å². The van der Waals surface area contributed by atoms with Crippen molar-refractivity contribution >= 4 is 5.91 Å². The molecule has 21 heavy (non-hydrogen) atoms. The third-order valence-corrected chi connectivity index (χ3v) is 4.44. The fourth-order valence-corrected chi connectivity index (χ4v) is 3.24. The smallest absolute Gasteiger partial charge is 0.220 e. The van der Waals surface area contributed by atoms with Crippen molar-refractivity contribution in [2.75, 3.05) is 19.7 Å². The van der Waals surface area contributed by atoms with Crippen LogP contribution >= 0.6 is 0 Å². The number of hydrogen-bond donors (Lipinski definition) is 2. The van der Waals surface area contributed by atoms with Gasteiger partial charge in [-0.3, -0.25) is 4.79 Å². The quantitative estimate of drug-likeness (QED) is 0.870. The lowest BCUT2D eigenvalue weighted by Gasteiger charge is -2.27. The second-order valence-electron chi connectivity index (χ2n) is 5.93. The summed E-state index contributed by atoms with van der Waals surface area (Å²) in [4.78, 5) is 12.0. The normalized spacial score (nSPS) is 24.6. The van der Waals surface area contributed by atoms with Gasteiger partial charge in [0.15, 0.2) is 0 Å². The van der Waals surface area contributed by atoms with Gasteiger partial charge < -0.3 is 15.4 Å². The number of nitrogens with one attached hydrogen (secondary N) is 2. The standard InChI is InChI=1S/C17H24N2O2/c20-17(8-7-14-5-3-11-21-14)19-12-16-15-6-2-1-4-13(15)9-10-18-16/h1-2,4,6,14,16,18H,3,5,7-12H2,(H,19,20). The maximum atomic E-state index is 12.0. The largest absolute Gasteiger partial charge is 0.378 e. The van der Waals surface area contributed by atoms with Crippen molar-refractivity contribution in [3.8, 4) is 0 Å². The molecule has 0 spiro atoms. The average Bonchev–Trinajstić information content (AvgIpc) is 3.04. The first-order valence-electron chi connectivity index (χ1n) is 8.02. The lowest BCUT2D eigenvalue weighted by molar-refractivity contribution is -0.121. The Bertz CT molecular complexity index is 483. The van der Waals surface area contributed by atoms with E-state index in [1.54, 1.807) is 0 Å². The summed E-state index contributed by atoms with van der Waals surface area (Å²) in [5, 5.41) is 6.55. The molecule has 1 aromatic carbocycles. The Morgan fingerprint density at radius 2 is 2.29 bits per heavy atom. The minimum Gasteiger partial charge on any atom is -0.378 e. The molecular weight excluding hydrogens is 264 g/mol. The van der Waals surface area contributed by atoms with E-state index in [0.29, 0.717) is 19.1 Å². The average molecular weight is 288 g/mol. The highest BCUT2D eigenvalue weighted by Crippen LogP contribution is 2.22. The first-order valence-corrected chi connectivity index (χ1v) is 8.02. The number of hydrogen-bond acceptors (Lipinski definition) is 3. The summed E-state index contributed by atoms with van der Waals surface area (Å²) in [6.07, 6.45) is 5.02. The van der Waals surface area contributed by atoms with Crippen molar-refractivity contribution in [3.63, 3.8) is 0 Å². The second-order valence-corrected chi connectivity index (χ2v) is 5.93. The minimum absolute atomic E-state index is 0.135. The Morgan fingerprint density at radius 1 is 1.38 bits per heavy atom. The predicted octanol–water partition coefficient (Wildman–Crippen LogP) is 1.95. The summed E-state index contributed by atoms with van der Waals surface area (Å²) >= 11 is 0. The maximum absolute atomic E-state index is 12.0. The Labute approximate surface area is 126 Å². The van der Waals surface area contributed by atoms with E-state index in [-0.39, 0.29) is 11.9 Å². The van der Waals surface area contributed by atoms with Crippen LogP contribution in [-0.2, 0) is 16.0 Å². The molecular formula is C17H24N2O2. The van der Waals surface area contributed by atoms with Gasteiger partial charge in [0, 0.05) is 25.6 Å². The summed E-state index contributed by atoms with van der Waals surface area (Å²) in [5.74, 6) is 0.135. The zero-order chi connectivity index (χ0) is 14.5. The van der Waals surface area contributed by atoms with E-state index in [9.17, 15) is 4.79 Å². The van der Waals surface area contributed by atoms with Crippen LogP contribution in [0.3, 0.4) is 0 Å². The second kappa shape index (κ2) is 7.05. The number of ether oxygens (including phenoxy) is 1. The van der Waals surface area contributed by atoms with Gasteiger partial charge in [0.1, 0.15) is 0 Å². The molecule has 2 atom stereocenters. The Kier molecular flexibility index (Phi) is 4.88. The van der Waals surface area contributed by atoms with Crippen molar-refractivity contribution < 1.29 is 9.53 Å². The van der Waals surface area contributed by atoms with Gasteiger partial charge in [0.05, 0.1) is 6.10 Å².